The number of hydrogen-bond acceptors (Lipinski definition) is 2. The van der Waals surface area contributed by atoms with Crippen molar-refractivity contribution in [2.45, 2.75) is 58.3 Å². The molecule has 1 aliphatic heterocycles. The van der Waals surface area contributed by atoms with Gasteiger partial charge in [0.25, 0.3) is 0 Å². The minimum Gasteiger partial charge on any atom is -0.319 e. The average molecular weight is 272 g/mol. The van der Waals surface area contributed by atoms with Crippen LogP contribution in [0.25, 0.3) is 0 Å². The lowest BCUT2D eigenvalue weighted by molar-refractivity contribution is -0.130. The Labute approximate surface area is 121 Å². The zero-order valence-corrected chi connectivity index (χ0v) is 12.6. The van der Waals surface area contributed by atoms with Gasteiger partial charge in [0.15, 0.2) is 0 Å². The van der Waals surface area contributed by atoms with Gasteiger partial charge in [-0.3, -0.25) is 10.1 Å². The Morgan fingerprint density at radius 2 is 2.00 bits per heavy atom. The highest BCUT2D eigenvalue weighted by molar-refractivity contribution is 5.85. The zero-order valence-electron chi connectivity index (χ0n) is 12.6. The SMILES string of the molecule is Cc1ccccc1C1NC(CC(C)C)C(=O)N1C1CC1. The van der Waals surface area contributed by atoms with Crippen LogP contribution >= 0.6 is 0 Å². The van der Waals surface area contributed by atoms with Crippen molar-refractivity contribution < 1.29 is 4.79 Å². The van der Waals surface area contributed by atoms with Gasteiger partial charge in [-0.2, -0.15) is 0 Å². The van der Waals surface area contributed by atoms with Gasteiger partial charge >= 0.3 is 0 Å². The van der Waals surface area contributed by atoms with E-state index in [2.05, 4.69) is 55.3 Å². The molecule has 3 rings (SSSR count). The van der Waals surface area contributed by atoms with Crippen molar-refractivity contribution in [2.24, 2.45) is 5.92 Å². The topological polar surface area (TPSA) is 32.3 Å². The highest BCUT2D eigenvalue weighted by Gasteiger charge is 2.46. The number of nitrogens with zero attached hydrogens (tertiary/aromatic N) is 1. The first-order valence-electron chi connectivity index (χ1n) is 7.71. The molecule has 1 aromatic rings. The number of aryl methyl sites for hydroxylation is 1. The lowest BCUT2D eigenvalue weighted by atomic mass is 10.0. The third-order valence-corrected chi connectivity index (χ3v) is 4.32. The average Bonchev–Trinajstić information content (AvgIpc) is 3.17. The number of rotatable bonds is 4. The van der Waals surface area contributed by atoms with Crippen LogP contribution in [0.1, 0.15) is 50.4 Å². The molecule has 20 heavy (non-hydrogen) atoms. The molecule has 0 bridgehead atoms. The van der Waals surface area contributed by atoms with Crippen molar-refractivity contribution in [3.8, 4) is 0 Å². The van der Waals surface area contributed by atoms with Gasteiger partial charge < -0.3 is 4.90 Å². The minimum atomic E-state index is -0.0137. The normalized spacial score (nSPS) is 26.6. The second kappa shape index (κ2) is 5.21. The molecule has 1 amide bonds. The lowest BCUT2D eigenvalue weighted by Gasteiger charge is -2.25. The predicted molar refractivity (Wildman–Crippen MR) is 80.2 cm³/mol. The zero-order chi connectivity index (χ0) is 14.3. The van der Waals surface area contributed by atoms with Gasteiger partial charge in [0.2, 0.25) is 5.91 Å². The largest absolute Gasteiger partial charge is 0.319 e. The van der Waals surface area contributed by atoms with Crippen LogP contribution in [0.5, 0.6) is 0 Å². The van der Waals surface area contributed by atoms with Gasteiger partial charge in [-0.25, -0.2) is 0 Å². The molecule has 0 radical (unpaired) electrons. The fourth-order valence-electron chi connectivity index (χ4n) is 3.17. The first-order valence-corrected chi connectivity index (χ1v) is 7.71. The van der Waals surface area contributed by atoms with E-state index in [9.17, 15) is 4.79 Å². The van der Waals surface area contributed by atoms with Crippen LogP contribution in [0.15, 0.2) is 24.3 Å². The molecule has 2 atom stereocenters. The second-order valence-corrected chi connectivity index (χ2v) is 6.58. The summed E-state index contributed by atoms with van der Waals surface area (Å²) in [6.07, 6.45) is 3.30. The first kappa shape index (κ1) is 13.6. The van der Waals surface area contributed by atoms with E-state index < -0.39 is 0 Å². The van der Waals surface area contributed by atoms with Crippen LogP contribution < -0.4 is 5.32 Å². The number of carbonyl (C=O) groups excluding carboxylic acids is 1. The summed E-state index contributed by atoms with van der Waals surface area (Å²) in [5.74, 6) is 0.836. The third-order valence-electron chi connectivity index (χ3n) is 4.32. The van der Waals surface area contributed by atoms with Crippen molar-refractivity contribution in [3.63, 3.8) is 0 Å². The molecule has 1 aliphatic carbocycles. The van der Waals surface area contributed by atoms with Gasteiger partial charge in [0.05, 0.1) is 6.04 Å². The van der Waals surface area contributed by atoms with E-state index in [1.54, 1.807) is 0 Å². The standard InChI is InChI=1S/C17H24N2O/c1-11(2)10-15-17(20)19(13-8-9-13)16(18-15)14-7-5-4-6-12(14)3/h4-7,11,13,15-16,18H,8-10H2,1-3H3. The highest BCUT2D eigenvalue weighted by atomic mass is 16.2. The van der Waals surface area contributed by atoms with E-state index in [0.29, 0.717) is 17.9 Å². The molecule has 1 heterocycles. The molecule has 1 saturated heterocycles. The van der Waals surface area contributed by atoms with Crippen LogP contribution in [-0.2, 0) is 4.79 Å². The van der Waals surface area contributed by atoms with Crippen molar-refractivity contribution in [1.82, 2.24) is 10.2 Å². The molecule has 2 fully saturated rings. The summed E-state index contributed by atoms with van der Waals surface area (Å²) in [5.41, 5.74) is 2.51. The second-order valence-electron chi connectivity index (χ2n) is 6.58. The monoisotopic (exact) mass is 272 g/mol. The highest BCUT2D eigenvalue weighted by Crippen LogP contribution is 2.38. The van der Waals surface area contributed by atoms with Gasteiger partial charge in [0.1, 0.15) is 6.17 Å². The van der Waals surface area contributed by atoms with E-state index >= 15 is 0 Å². The van der Waals surface area contributed by atoms with E-state index in [1.165, 1.54) is 11.1 Å². The Bertz CT molecular complexity index is 507. The Kier molecular flexibility index (Phi) is 3.55. The molecule has 3 nitrogen and oxygen atoms in total. The Morgan fingerprint density at radius 1 is 1.30 bits per heavy atom. The molecule has 2 unspecified atom stereocenters. The number of carbonyl (C=O) groups is 1. The first-order chi connectivity index (χ1) is 9.58. The number of benzene rings is 1. The summed E-state index contributed by atoms with van der Waals surface area (Å²) in [5, 5.41) is 3.58. The lowest BCUT2D eigenvalue weighted by Crippen LogP contribution is -2.33. The van der Waals surface area contributed by atoms with Crippen LogP contribution in [0, 0.1) is 12.8 Å². The maximum Gasteiger partial charge on any atom is 0.241 e. The summed E-state index contributed by atoms with van der Waals surface area (Å²) < 4.78 is 0. The Hall–Kier alpha value is -1.35. The summed E-state index contributed by atoms with van der Waals surface area (Å²) >= 11 is 0. The van der Waals surface area contributed by atoms with Crippen LogP contribution in [0.3, 0.4) is 0 Å². The Morgan fingerprint density at radius 3 is 2.60 bits per heavy atom. The van der Waals surface area contributed by atoms with Gasteiger partial charge in [-0.1, -0.05) is 38.1 Å². The predicted octanol–water partition coefficient (Wildman–Crippen LogP) is 3.00. The van der Waals surface area contributed by atoms with E-state index in [-0.39, 0.29) is 12.2 Å². The molecule has 0 aromatic heterocycles. The van der Waals surface area contributed by atoms with E-state index in [4.69, 9.17) is 0 Å². The molecular formula is C17H24N2O. The van der Waals surface area contributed by atoms with E-state index in [1.807, 2.05) is 0 Å². The van der Waals surface area contributed by atoms with Crippen molar-refractivity contribution in [3.05, 3.63) is 35.4 Å². The van der Waals surface area contributed by atoms with Crippen molar-refractivity contribution in [1.29, 1.82) is 0 Å². The molecule has 3 heteroatoms. The van der Waals surface area contributed by atoms with Crippen LogP contribution in [-0.4, -0.2) is 22.9 Å². The molecule has 2 aliphatic rings. The molecule has 108 valence electrons. The molecule has 0 spiro atoms. The van der Waals surface area contributed by atoms with Gasteiger partial charge in [-0.05, 0) is 43.2 Å². The van der Waals surface area contributed by atoms with Crippen molar-refractivity contribution >= 4 is 5.91 Å². The van der Waals surface area contributed by atoms with Crippen LogP contribution in [0.4, 0.5) is 0 Å². The third kappa shape index (κ3) is 2.47. The quantitative estimate of drug-likeness (QED) is 0.914. The minimum absolute atomic E-state index is 0.0137. The number of amides is 1. The molecular weight excluding hydrogens is 248 g/mol. The molecule has 1 aromatic carbocycles. The van der Waals surface area contributed by atoms with Gasteiger partial charge in [0, 0.05) is 6.04 Å². The summed E-state index contributed by atoms with van der Waals surface area (Å²) in [4.78, 5) is 14.8. The summed E-state index contributed by atoms with van der Waals surface area (Å²) in [6.45, 7) is 6.48. The van der Waals surface area contributed by atoms with Gasteiger partial charge in [-0.15, -0.1) is 0 Å². The smallest absolute Gasteiger partial charge is 0.241 e. The molecule has 1 saturated carbocycles. The fourth-order valence-corrected chi connectivity index (χ4v) is 3.17. The number of nitrogens with one attached hydrogen (secondary N) is 1. The fraction of sp³-hybridized carbons (Fsp3) is 0.588. The van der Waals surface area contributed by atoms with Crippen molar-refractivity contribution in [2.75, 3.05) is 0 Å². The number of hydrogen-bond donors (Lipinski definition) is 1. The maximum atomic E-state index is 12.7. The molecule has 1 N–H and O–H groups in total. The summed E-state index contributed by atoms with van der Waals surface area (Å²) in [7, 11) is 0. The van der Waals surface area contributed by atoms with E-state index in [0.717, 1.165) is 19.3 Å². The summed E-state index contributed by atoms with van der Waals surface area (Å²) in [6, 6.07) is 8.84. The Balaban J connectivity index is 1.89. The van der Waals surface area contributed by atoms with Crippen LogP contribution in [0.2, 0.25) is 0 Å². The maximum absolute atomic E-state index is 12.7.